The van der Waals surface area contributed by atoms with E-state index < -0.39 is 5.97 Å². The van der Waals surface area contributed by atoms with Gasteiger partial charge in [0.2, 0.25) is 5.95 Å². The van der Waals surface area contributed by atoms with E-state index in [1.807, 2.05) is 12.1 Å². The van der Waals surface area contributed by atoms with E-state index in [1.165, 1.54) is 32.5 Å². The van der Waals surface area contributed by atoms with E-state index >= 15 is 0 Å². The summed E-state index contributed by atoms with van der Waals surface area (Å²) < 4.78 is 10.9. The van der Waals surface area contributed by atoms with Gasteiger partial charge in [-0.3, -0.25) is 0 Å². The van der Waals surface area contributed by atoms with Crippen molar-refractivity contribution >= 4 is 30.1 Å². The molecule has 0 atom stereocenters. The number of hydrogen-bond acceptors (Lipinski definition) is 8. The number of hydrogen-bond donors (Lipinski definition) is 3. The molecule has 0 unspecified atom stereocenters. The summed E-state index contributed by atoms with van der Waals surface area (Å²) in [4.78, 5) is 23.0. The number of rotatable bonds is 5. The number of nitrogen functional groups attached to an aromatic ring is 2. The first-order valence-corrected chi connectivity index (χ1v) is 8.74. The summed E-state index contributed by atoms with van der Waals surface area (Å²) in [6, 6.07) is 6.64. The van der Waals surface area contributed by atoms with Crippen LogP contribution in [0.25, 0.3) is 0 Å². The Hall–Kier alpha value is -4.03. The molecular formula is C21H20ClN5O4. The van der Waals surface area contributed by atoms with Gasteiger partial charge in [0.15, 0.2) is 11.5 Å². The maximum Gasteiger partial charge on any atom is 0.337 e. The first-order valence-electron chi connectivity index (χ1n) is 8.74. The average Bonchev–Trinajstić information content (AvgIpc) is 2.74. The van der Waals surface area contributed by atoms with Crippen LogP contribution in [-0.4, -0.2) is 40.2 Å². The Labute approximate surface area is 184 Å². The summed E-state index contributed by atoms with van der Waals surface area (Å²) in [5.74, 6) is 6.24. The molecule has 0 saturated heterocycles. The molecule has 0 radical (unpaired) electrons. The number of halogens is 1. The van der Waals surface area contributed by atoms with E-state index in [9.17, 15) is 4.79 Å². The third-order valence-corrected chi connectivity index (χ3v) is 4.19. The smallest absolute Gasteiger partial charge is 0.337 e. The number of pyridine rings is 1. The van der Waals surface area contributed by atoms with Crippen LogP contribution in [0.5, 0.6) is 11.5 Å². The fourth-order valence-electron chi connectivity index (χ4n) is 2.73. The SMILES string of the molecule is COc1cc(Cc2cnc(N)nc2N)cc(C#Cc2ccc(C(=O)O)cn2)c1OC.Cl. The topological polar surface area (TPSA) is 146 Å². The fourth-order valence-corrected chi connectivity index (χ4v) is 2.73. The van der Waals surface area contributed by atoms with E-state index in [0.29, 0.717) is 40.6 Å². The van der Waals surface area contributed by atoms with Crippen molar-refractivity contribution in [3.05, 3.63) is 64.6 Å². The molecule has 0 saturated carbocycles. The Morgan fingerprint density at radius 3 is 2.45 bits per heavy atom. The molecule has 9 nitrogen and oxygen atoms in total. The Kier molecular flexibility index (Phi) is 7.60. The predicted molar refractivity (Wildman–Crippen MR) is 118 cm³/mol. The molecule has 0 amide bonds. The lowest BCUT2D eigenvalue weighted by Gasteiger charge is -2.13. The number of carboxylic acids is 1. The van der Waals surface area contributed by atoms with Crippen molar-refractivity contribution in [2.75, 3.05) is 25.7 Å². The van der Waals surface area contributed by atoms with Crippen molar-refractivity contribution in [3.8, 4) is 23.3 Å². The highest BCUT2D eigenvalue weighted by molar-refractivity contribution is 5.87. The van der Waals surface area contributed by atoms with Crippen LogP contribution in [0.1, 0.15) is 32.7 Å². The molecule has 31 heavy (non-hydrogen) atoms. The number of benzene rings is 1. The van der Waals surface area contributed by atoms with E-state index in [4.69, 9.17) is 26.0 Å². The summed E-state index contributed by atoms with van der Waals surface area (Å²) >= 11 is 0. The molecule has 0 aliphatic heterocycles. The van der Waals surface area contributed by atoms with Crippen LogP contribution in [0, 0.1) is 11.8 Å². The van der Waals surface area contributed by atoms with E-state index in [0.717, 1.165) is 5.56 Å². The molecule has 3 rings (SSSR count). The number of methoxy groups -OCH3 is 2. The Bertz CT molecular complexity index is 1160. The maximum atomic E-state index is 10.9. The van der Waals surface area contributed by atoms with Gasteiger partial charge >= 0.3 is 5.97 Å². The van der Waals surface area contributed by atoms with Crippen LogP contribution in [0.2, 0.25) is 0 Å². The van der Waals surface area contributed by atoms with Crippen LogP contribution in [0.15, 0.2) is 36.7 Å². The molecular weight excluding hydrogens is 422 g/mol. The number of anilines is 2. The molecule has 0 aliphatic rings. The van der Waals surface area contributed by atoms with Crippen molar-refractivity contribution in [1.82, 2.24) is 15.0 Å². The van der Waals surface area contributed by atoms with Crippen LogP contribution in [0.3, 0.4) is 0 Å². The van der Waals surface area contributed by atoms with Crippen molar-refractivity contribution in [1.29, 1.82) is 0 Å². The molecule has 0 bridgehead atoms. The predicted octanol–water partition coefficient (Wildman–Crippen LogP) is 2.16. The minimum atomic E-state index is -1.05. The summed E-state index contributed by atoms with van der Waals surface area (Å²) in [6.45, 7) is 0. The highest BCUT2D eigenvalue weighted by Gasteiger charge is 2.13. The first kappa shape index (κ1) is 23.3. The number of carbonyl (C=O) groups is 1. The maximum absolute atomic E-state index is 10.9. The number of aromatic nitrogens is 3. The number of nitrogens with two attached hydrogens (primary N) is 2. The Balaban J connectivity index is 0.00000341. The highest BCUT2D eigenvalue weighted by atomic mass is 35.5. The summed E-state index contributed by atoms with van der Waals surface area (Å²) in [6.07, 6.45) is 3.27. The molecule has 0 spiro atoms. The highest BCUT2D eigenvalue weighted by Crippen LogP contribution is 2.33. The molecule has 160 valence electrons. The minimum absolute atomic E-state index is 0. The zero-order valence-electron chi connectivity index (χ0n) is 16.7. The second-order valence-corrected chi connectivity index (χ2v) is 6.18. The van der Waals surface area contributed by atoms with Gasteiger partial charge in [-0.1, -0.05) is 5.92 Å². The van der Waals surface area contributed by atoms with Crippen LogP contribution < -0.4 is 20.9 Å². The van der Waals surface area contributed by atoms with Crippen LogP contribution in [0.4, 0.5) is 11.8 Å². The number of aromatic carboxylic acids is 1. The fraction of sp³-hybridized carbons (Fsp3) is 0.143. The van der Waals surface area contributed by atoms with Crippen molar-refractivity contribution in [3.63, 3.8) is 0 Å². The van der Waals surface area contributed by atoms with Gasteiger partial charge < -0.3 is 26.0 Å². The monoisotopic (exact) mass is 441 g/mol. The van der Waals surface area contributed by atoms with Gasteiger partial charge in [0.1, 0.15) is 11.5 Å². The van der Waals surface area contributed by atoms with Gasteiger partial charge in [0.25, 0.3) is 0 Å². The van der Waals surface area contributed by atoms with Crippen LogP contribution >= 0.6 is 12.4 Å². The van der Waals surface area contributed by atoms with Crippen molar-refractivity contribution < 1.29 is 19.4 Å². The number of ether oxygens (including phenoxy) is 2. The van der Waals surface area contributed by atoms with Crippen molar-refractivity contribution in [2.45, 2.75) is 6.42 Å². The average molecular weight is 442 g/mol. The van der Waals surface area contributed by atoms with Gasteiger partial charge in [0.05, 0.1) is 25.3 Å². The van der Waals surface area contributed by atoms with E-state index in [1.54, 1.807) is 6.20 Å². The lowest BCUT2D eigenvalue weighted by molar-refractivity contribution is 0.0696. The second-order valence-electron chi connectivity index (χ2n) is 6.18. The van der Waals surface area contributed by atoms with E-state index in [-0.39, 0.29) is 23.9 Å². The third kappa shape index (κ3) is 5.52. The lowest BCUT2D eigenvalue weighted by atomic mass is 10.0. The zero-order valence-corrected chi connectivity index (χ0v) is 17.6. The molecule has 0 aliphatic carbocycles. The van der Waals surface area contributed by atoms with Gasteiger partial charge in [0, 0.05) is 24.4 Å². The summed E-state index contributed by atoms with van der Waals surface area (Å²) in [5.41, 5.74) is 14.1. The minimum Gasteiger partial charge on any atom is -0.493 e. The molecule has 1 aromatic carbocycles. The third-order valence-electron chi connectivity index (χ3n) is 4.19. The van der Waals surface area contributed by atoms with Crippen molar-refractivity contribution in [2.24, 2.45) is 0 Å². The van der Waals surface area contributed by atoms with Gasteiger partial charge in [-0.05, 0) is 35.7 Å². The Morgan fingerprint density at radius 2 is 1.87 bits per heavy atom. The molecule has 2 heterocycles. The van der Waals surface area contributed by atoms with Gasteiger partial charge in [-0.25, -0.2) is 14.8 Å². The first-order chi connectivity index (χ1) is 14.4. The quantitative estimate of drug-likeness (QED) is 0.506. The molecule has 10 heteroatoms. The van der Waals surface area contributed by atoms with Crippen LogP contribution in [-0.2, 0) is 6.42 Å². The largest absolute Gasteiger partial charge is 0.493 e. The second kappa shape index (κ2) is 10.1. The zero-order chi connectivity index (χ0) is 21.7. The van der Waals surface area contributed by atoms with Gasteiger partial charge in [-0.2, -0.15) is 4.98 Å². The summed E-state index contributed by atoms with van der Waals surface area (Å²) in [5, 5.41) is 8.96. The molecule has 5 N–H and O–H groups in total. The standard InChI is InChI=1S/C21H19N5O4.ClH/c1-29-17-9-12(8-15-11-25-21(23)26-19(15)22)7-13(18(17)30-2)3-5-16-6-4-14(10-24-16)20(27)28;/h4,6-7,9-11H,8H2,1-2H3,(H,27,28)(H4,22,23,25,26);1H. The van der Waals surface area contributed by atoms with Gasteiger partial charge in [-0.15, -0.1) is 12.4 Å². The molecule has 3 aromatic rings. The summed E-state index contributed by atoms with van der Waals surface area (Å²) in [7, 11) is 3.06. The number of nitrogens with zero attached hydrogens (tertiary/aromatic N) is 3. The Morgan fingerprint density at radius 1 is 1.10 bits per heavy atom. The lowest BCUT2D eigenvalue weighted by Crippen LogP contribution is -2.04. The molecule has 0 fully saturated rings. The van der Waals surface area contributed by atoms with E-state index in [2.05, 4.69) is 26.8 Å². The molecule has 2 aromatic heterocycles. The normalized spacial score (nSPS) is 9.74. The number of carboxylic acid groups (broad SMARTS) is 1.